The Morgan fingerprint density at radius 1 is 0.345 bits per heavy atom. The van der Waals surface area contributed by atoms with Crippen molar-refractivity contribution >= 4 is 5.97 Å². The number of rotatable bonds is 22. The van der Waals surface area contributed by atoms with Crippen LogP contribution in [-0.2, 0) is 25.8 Å². The van der Waals surface area contributed by atoms with Crippen LogP contribution in [0, 0.1) is 33.1 Å². The topological polar surface area (TPSA) is 26.3 Å². The third-order valence-corrected chi connectivity index (χ3v) is 21.2. The van der Waals surface area contributed by atoms with Gasteiger partial charge in [0, 0.05) is 17.3 Å². The largest absolute Gasteiger partial charge is 0.460 e. The highest BCUT2D eigenvalue weighted by atomic mass is 16.6. The third-order valence-electron chi connectivity index (χ3n) is 21.2. The van der Waals surface area contributed by atoms with Crippen LogP contribution >= 0.6 is 0 Å². The zero-order valence-corrected chi connectivity index (χ0v) is 55.1. The number of benzene rings is 8. The van der Waals surface area contributed by atoms with Crippen molar-refractivity contribution in [3.05, 3.63) is 212 Å². The first-order valence-electron chi connectivity index (χ1n) is 34.1. The molecule has 87 heavy (non-hydrogen) atoms. The van der Waals surface area contributed by atoms with Crippen LogP contribution in [-0.4, -0.2) is 11.6 Å². The fraction of sp³-hybridized carbons (Fsp3) is 0.424. The van der Waals surface area contributed by atoms with E-state index in [-0.39, 0.29) is 22.2 Å². The summed E-state index contributed by atoms with van der Waals surface area (Å²) in [5.41, 5.74) is 32.0. The van der Waals surface area contributed by atoms with Crippen molar-refractivity contribution < 1.29 is 9.53 Å². The number of unbranched alkanes of at least 4 members (excludes halogenated alkanes) is 12. The van der Waals surface area contributed by atoms with Crippen molar-refractivity contribution in [1.29, 1.82) is 0 Å². The molecule has 0 saturated heterocycles. The van der Waals surface area contributed by atoms with E-state index in [2.05, 4.69) is 208 Å². The molecule has 8 aromatic rings. The molecule has 1 atom stereocenters. The van der Waals surface area contributed by atoms with Crippen LogP contribution in [0.4, 0.5) is 0 Å². The Morgan fingerprint density at radius 2 is 0.644 bits per heavy atom. The lowest BCUT2D eigenvalue weighted by molar-refractivity contribution is -0.154. The van der Waals surface area contributed by atoms with Gasteiger partial charge in [0.2, 0.25) is 0 Å². The first kappa shape index (κ1) is 60.5. The molecule has 0 aromatic heterocycles. The Morgan fingerprint density at radius 3 is 1.05 bits per heavy atom. The molecule has 450 valence electrons. The molecule has 2 nitrogen and oxygen atoms in total. The first-order chi connectivity index (χ1) is 41.8. The van der Waals surface area contributed by atoms with Gasteiger partial charge in [0.25, 0.3) is 0 Å². The van der Waals surface area contributed by atoms with Crippen molar-refractivity contribution in [1.82, 2.24) is 0 Å². The van der Waals surface area contributed by atoms with Gasteiger partial charge in [-0.25, -0.2) is 0 Å². The van der Waals surface area contributed by atoms with Crippen LogP contribution in [0.15, 0.2) is 146 Å². The molecule has 0 amide bonds. The standard InChI is InChI=1S/C85H98O2/c1-13-15-17-19-21-25-45-83(46-26-22-20-18-16-14-2)72-52-60(62-35-43-67-66-37-29-56(3)48-74(66)84(75(67)54-62,81(7,8)9)47-27-23-24-28-80(86)87-82(10,11)12)33-41-64(72)65-42-34-61(53-73(65)83)63-36-44-71-70-40-32-59(6)51-78(70)85(79(71)55-63)76-49-57(4)30-38-68(76)69-39-31-58(5)50-77(69)85/h29-44,48-55H,13-28,45-47H2,1-12H3. The second-order valence-electron chi connectivity index (χ2n) is 29.4. The van der Waals surface area contributed by atoms with E-state index < -0.39 is 11.0 Å². The Labute approximate surface area is 524 Å². The van der Waals surface area contributed by atoms with Gasteiger partial charge >= 0.3 is 5.97 Å². The lowest BCUT2D eigenvalue weighted by atomic mass is 9.58. The second kappa shape index (κ2) is 24.0. The second-order valence-corrected chi connectivity index (χ2v) is 29.4. The summed E-state index contributed by atoms with van der Waals surface area (Å²) >= 11 is 0. The monoisotopic (exact) mass is 1150 g/mol. The average Bonchev–Trinajstić information content (AvgIpc) is 1.55. The summed E-state index contributed by atoms with van der Waals surface area (Å²) in [6.45, 7) is 27.0. The minimum Gasteiger partial charge on any atom is -0.460 e. The van der Waals surface area contributed by atoms with Crippen molar-refractivity contribution in [3.63, 3.8) is 0 Å². The molecule has 0 fully saturated rings. The molecule has 1 spiro atoms. The molecule has 2 heteroatoms. The minimum absolute atomic E-state index is 0.0716. The summed E-state index contributed by atoms with van der Waals surface area (Å²) in [6.07, 6.45) is 22.1. The molecular formula is C85H98O2. The molecule has 1 unspecified atom stereocenters. The van der Waals surface area contributed by atoms with E-state index in [0.717, 1.165) is 38.5 Å². The van der Waals surface area contributed by atoms with E-state index in [1.807, 2.05) is 20.8 Å². The van der Waals surface area contributed by atoms with Crippen molar-refractivity contribution in [2.24, 2.45) is 5.41 Å². The van der Waals surface area contributed by atoms with Crippen LogP contribution in [0.3, 0.4) is 0 Å². The summed E-state index contributed by atoms with van der Waals surface area (Å²) in [5.74, 6) is -0.0906. The van der Waals surface area contributed by atoms with Gasteiger partial charge in [-0.2, -0.15) is 0 Å². The molecule has 8 aromatic carbocycles. The number of aryl methyl sites for hydroxylation is 4. The Kier molecular flexibility index (Phi) is 16.7. The van der Waals surface area contributed by atoms with Gasteiger partial charge in [-0.15, -0.1) is 0 Å². The predicted octanol–water partition coefficient (Wildman–Crippen LogP) is 24.0. The van der Waals surface area contributed by atoms with Gasteiger partial charge in [-0.1, -0.05) is 268 Å². The van der Waals surface area contributed by atoms with E-state index >= 15 is 0 Å². The molecule has 0 bridgehead atoms. The average molecular weight is 1150 g/mol. The first-order valence-corrected chi connectivity index (χ1v) is 34.1. The van der Waals surface area contributed by atoms with Gasteiger partial charge in [-0.3, -0.25) is 4.79 Å². The third kappa shape index (κ3) is 10.7. The molecule has 0 heterocycles. The fourth-order valence-corrected chi connectivity index (χ4v) is 17.1. The summed E-state index contributed by atoms with van der Waals surface area (Å²) in [4.78, 5) is 12.9. The maximum Gasteiger partial charge on any atom is 0.306 e. The van der Waals surface area contributed by atoms with Gasteiger partial charge < -0.3 is 4.74 Å². The van der Waals surface area contributed by atoms with E-state index in [1.54, 1.807) is 11.1 Å². The maximum atomic E-state index is 12.9. The number of fused-ring (bicyclic) bond motifs is 16. The molecule has 0 N–H and O–H groups in total. The molecule has 4 aliphatic rings. The Bertz CT molecular complexity index is 3810. The van der Waals surface area contributed by atoms with Crippen molar-refractivity contribution in [2.45, 2.75) is 227 Å². The number of carbonyl (C=O) groups is 1. The highest BCUT2D eigenvalue weighted by Crippen LogP contribution is 2.65. The van der Waals surface area contributed by atoms with Crippen LogP contribution in [0.1, 0.15) is 244 Å². The highest BCUT2D eigenvalue weighted by Gasteiger charge is 2.53. The maximum absolute atomic E-state index is 12.9. The molecular weight excluding hydrogens is 1050 g/mol. The predicted molar refractivity (Wildman–Crippen MR) is 369 cm³/mol. The normalized spacial score (nSPS) is 16.0. The molecule has 0 aliphatic heterocycles. The van der Waals surface area contributed by atoms with Crippen LogP contribution in [0.2, 0.25) is 0 Å². The fourth-order valence-electron chi connectivity index (χ4n) is 17.1. The Hall–Kier alpha value is -6.77. The number of hydrogen-bond acceptors (Lipinski definition) is 2. The smallest absolute Gasteiger partial charge is 0.306 e. The molecule has 12 rings (SSSR count). The summed E-state index contributed by atoms with van der Waals surface area (Å²) in [5, 5.41) is 0. The van der Waals surface area contributed by atoms with Crippen molar-refractivity contribution in [2.75, 3.05) is 0 Å². The van der Waals surface area contributed by atoms with Gasteiger partial charge in [0.15, 0.2) is 0 Å². The number of ether oxygens (including phenoxy) is 1. The van der Waals surface area contributed by atoms with Crippen LogP contribution in [0.5, 0.6) is 0 Å². The SMILES string of the molecule is CCCCCCCCC1(CCCCCCCC)c2cc(-c3ccc4c(c3)C3(c5cc(C)ccc5-c5ccc(C)cc53)c3cc(C)ccc3-4)ccc2-c2ccc(-c3ccc4c(c3)C(CCCCCC(=O)OC(C)(C)C)(C(C)(C)C)c3cc(C)ccc3-4)cc21. The van der Waals surface area contributed by atoms with E-state index in [9.17, 15) is 4.79 Å². The Balaban J connectivity index is 0.977. The zero-order valence-electron chi connectivity index (χ0n) is 55.1. The summed E-state index contributed by atoms with van der Waals surface area (Å²) in [6, 6.07) is 59.3. The quantitative estimate of drug-likeness (QED) is 0.0499. The van der Waals surface area contributed by atoms with E-state index in [0.29, 0.717) is 6.42 Å². The molecule has 0 saturated carbocycles. The summed E-state index contributed by atoms with van der Waals surface area (Å²) in [7, 11) is 0. The van der Waals surface area contributed by atoms with Crippen LogP contribution in [0.25, 0.3) is 66.8 Å². The van der Waals surface area contributed by atoms with Gasteiger partial charge in [0.05, 0.1) is 5.41 Å². The molecule has 4 aliphatic carbocycles. The highest BCUT2D eigenvalue weighted by molar-refractivity contribution is 5.97. The lowest BCUT2D eigenvalue weighted by Gasteiger charge is -2.44. The van der Waals surface area contributed by atoms with Crippen molar-refractivity contribution in [3.8, 4) is 66.8 Å². The molecule has 0 radical (unpaired) electrons. The van der Waals surface area contributed by atoms with Gasteiger partial charge in [0.1, 0.15) is 5.60 Å². The van der Waals surface area contributed by atoms with Gasteiger partial charge in [-0.05, 0) is 215 Å². The lowest BCUT2D eigenvalue weighted by Crippen LogP contribution is -2.39. The number of hydrogen-bond donors (Lipinski definition) is 0. The number of esters is 1. The van der Waals surface area contributed by atoms with Crippen LogP contribution < -0.4 is 0 Å². The minimum atomic E-state index is -0.464. The van der Waals surface area contributed by atoms with E-state index in [4.69, 9.17) is 4.74 Å². The van der Waals surface area contributed by atoms with E-state index in [1.165, 1.54) is 199 Å². The number of carbonyl (C=O) groups excluding carboxylic acids is 1. The summed E-state index contributed by atoms with van der Waals surface area (Å²) < 4.78 is 5.73. The zero-order chi connectivity index (χ0) is 61.0.